The number of hydrogen-bond donors (Lipinski definition) is 2. The van der Waals surface area contributed by atoms with Gasteiger partial charge in [-0.25, -0.2) is 9.59 Å². The largest absolute Gasteiger partial charge is 0.480 e. The summed E-state index contributed by atoms with van der Waals surface area (Å²) in [5.74, 6) is -1.32. The lowest BCUT2D eigenvalue weighted by atomic mass is 9.98. The van der Waals surface area contributed by atoms with Crippen molar-refractivity contribution < 1.29 is 24.2 Å². The summed E-state index contributed by atoms with van der Waals surface area (Å²) in [6.07, 6.45) is -0.473. The van der Waals surface area contributed by atoms with Crippen LogP contribution >= 0.6 is 0 Å². The maximum Gasteiger partial charge on any atom is 0.411 e. The molecule has 4 rings (SSSR count). The van der Waals surface area contributed by atoms with Crippen molar-refractivity contribution in [2.45, 2.75) is 32.2 Å². The lowest BCUT2D eigenvalue weighted by Crippen LogP contribution is -2.43. The smallest absolute Gasteiger partial charge is 0.411 e. The molecule has 1 atom stereocenters. The third-order valence-electron chi connectivity index (χ3n) is 6.39. The normalized spacial score (nSPS) is 12.9. The monoisotopic (exact) mass is 472 g/mol. The Morgan fingerprint density at radius 2 is 1.51 bits per heavy atom. The SMILES string of the molecule is CCN(C(=O)Cc1ccc(NC(=O)OCC2c3ccccc3-c3ccccc32)cc1)C(C)C(=O)O. The minimum Gasteiger partial charge on any atom is -0.480 e. The number of fused-ring (bicyclic) bond motifs is 3. The zero-order valence-corrected chi connectivity index (χ0v) is 19.7. The van der Waals surface area contributed by atoms with E-state index in [0.717, 1.165) is 16.7 Å². The third-order valence-corrected chi connectivity index (χ3v) is 6.39. The average molecular weight is 473 g/mol. The van der Waals surface area contributed by atoms with Crippen LogP contribution in [0.25, 0.3) is 11.1 Å². The van der Waals surface area contributed by atoms with Gasteiger partial charge in [0.1, 0.15) is 12.6 Å². The van der Waals surface area contributed by atoms with E-state index in [2.05, 4.69) is 29.6 Å². The molecule has 2 N–H and O–H groups in total. The maximum absolute atomic E-state index is 12.5. The highest BCUT2D eigenvalue weighted by atomic mass is 16.5. The van der Waals surface area contributed by atoms with Gasteiger partial charge in [-0.15, -0.1) is 0 Å². The Balaban J connectivity index is 1.34. The molecule has 0 heterocycles. The zero-order valence-electron chi connectivity index (χ0n) is 19.7. The van der Waals surface area contributed by atoms with E-state index in [0.29, 0.717) is 12.2 Å². The number of carboxylic acid groups (broad SMARTS) is 1. The Kier molecular flexibility index (Phi) is 7.15. The van der Waals surface area contributed by atoms with Crippen molar-refractivity contribution in [3.05, 3.63) is 89.5 Å². The molecule has 0 bridgehead atoms. The molecule has 0 radical (unpaired) electrons. The molecule has 180 valence electrons. The lowest BCUT2D eigenvalue weighted by Gasteiger charge is -2.25. The Morgan fingerprint density at radius 3 is 2.06 bits per heavy atom. The van der Waals surface area contributed by atoms with Gasteiger partial charge in [-0.05, 0) is 53.8 Å². The fourth-order valence-electron chi connectivity index (χ4n) is 4.53. The summed E-state index contributed by atoms with van der Waals surface area (Å²) < 4.78 is 5.57. The van der Waals surface area contributed by atoms with Crippen molar-refractivity contribution in [3.8, 4) is 11.1 Å². The molecule has 0 aromatic heterocycles. The number of amides is 2. The van der Waals surface area contributed by atoms with Crippen LogP contribution < -0.4 is 5.32 Å². The van der Waals surface area contributed by atoms with Crippen molar-refractivity contribution in [1.82, 2.24) is 4.90 Å². The van der Waals surface area contributed by atoms with Crippen LogP contribution in [0.4, 0.5) is 10.5 Å². The van der Waals surface area contributed by atoms with Gasteiger partial charge in [0.15, 0.2) is 0 Å². The van der Waals surface area contributed by atoms with Gasteiger partial charge in [0, 0.05) is 18.2 Å². The lowest BCUT2D eigenvalue weighted by molar-refractivity contribution is -0.149. The molecule has 0 aliphatic heterocycles. The topological polar surface area (TPSA) is 95.9 Å². The van der Waals surface area contributed by atoms with E-state index in [1.807, 2.05) is 24.3 Å². The van der Waals surface area contributed by atoms with Crippen LogP contribution in [0.2, 0.25) is 0 Å². The van der Waals surface area contributed by atoms with E-state index in [-0.39, 0.29) is 24.9 Å². The van der Waals surface area contributed by atoms with Crippen molar-refractivity contribution in [1.29, 1.82) is 0 Å². The first-order valence-electron chi connectivity index (χ1n) is 11.6. The predicted molar refractivity (Wildman–Crippen MR) is 133 cm³/mol. The highest BCUT2D eigenvalue weighted by molar-refractivity contribution is 5.86. The number of likely N-dealkylation sites (N-methyl/N-ethyl adjacent to an activating group) is 1. The van der Waals surface area contributed by atoms with Gasteiger partial charge in [0.25, 0.3) is 0 Å². The number of nitrogens with one attached hydrogen (secondary N) is 1. The Morgan fingerprint density at radius 1 is 0.943 bits per heavy atom. The molecular weight excluding hydrogens is 444 g/mol. The molecule has 1 unspecified atom stereocenters. The summed E-state index contributed by atoms with van der Waals surface area (Å²) in [6, 6.07) is 22.3. The summed E-state index contributed by atoms with van der Waals surface area (Å²) in [5, 5.41) is 11.9. The number of carbonyl (C=O) groups excluding carboxylic acids is 2. The van der Waals surface area contributed by atoms with E-state index < -0.39 is 18.1 Å². The molecule has 1 aliphatic rings. The standard InChI is InChI=1S/C28H28N2O5/c1-3-30(18(2)27(32)33)26(31)16-19-12-14-20(15-13-19)29-28(34)35-17-25-23-10-6-4-8-21(23)22-9-5-7-11-24(22)25/h4-15,18,25H,3,16-17H2,1-2H3,(H,29,34)(H,32,33). The number of hydrogen-bond acceptors (Lipinski definition) is 4. The van der Waals surface area contributed by atoms with Gasteiger partial charge in [-0.3, -0.25) is 10.1 Å². The number of benzene rings is 3. The maximum atomic E-state index is 12.5. The van der Waals surface area contributed by atoms with Crippen molar-refractivity contribution in [2.75, 3.05) is 18.5 Å². The molecule has 2 amide bonds. The molecule has 0 saturated heterocycles. The molecule has 35 heavy (non-hydrogen) atoms. The van der Waals surface area contributed by atoms with Gasteiger partial charge in [-0.1, -0.05) is 60.7 Å². The summed E-state index contributed by atoms with van der Waals surface area (Å²) in [5.41, 5.74) is 5.90. The third kappa shape index (κ3) is 5.19. The van der Waals surface area contributed by atoms with Crippen LogP contribution in [0.3, 0.4) is 0 Å². The minimum absolute atomic E-state index is 0.0174. The number of rotatable bonds is 8. The Bertz CT molecular complexity index is 1190. The molecule has 7 heteroatoms. The number of carbonyl (C=O) groups is 3. The Hall–Kier alpha value is -4.13. The second-order valence-corrected chi connectivity index (χ2v) is 8.52. The summed E-state index contributed by atoms with van der Waals surface area (Å²) in [7, 11) is 0. The Labute approximate surface area is 204 Å². The van der Waals surface area contributed by atoms with Gasteiger partial charge in [0.2, 0.25) is 5.91 Å². The zero-order chi connectivity index (χ0) is 24.9. The number of anilines is 1. The van der Waals surface area contributed by atoms with Gasteiger partial charge in [-0.2, -0.15) is 0 Å². The first kappa shape index (κ1) is 24.0. The second-order valence-electron chi connectivity index (χ2n) is 8.52. The van der Waals surface area contributed by atoms with Crippen LogP contribution in [0.15, 0.2) is 72.8 Å². The molecular formula is C28H28N2O5. The molecule has 1 aliphatic carbocycles. The number of ether oxygens (including phenoxy) is 1. The highest BCUT2D eigenvalue weighted by Crippen LogP contribution is 2.44. The van der Waals surface area contributed by atoms with Crippen LogP contribution in [-0.4, -0.2) is 47.2 Å². The first-order chi connectivity index (χ1) is 16.9. The molecule has 0 spiro atoms. The first-order valence-corrected chi connectivity index (χ1v) is 11.6. The second kappa shape index (κ2) is 10.4. The van der Waals surface area contributed by atoms with E-state index in [4.69, 9.17) is 4.74 Å². The van der Waals surface area contributed by atoms with Crippen molar-refractivity contribution in [3.63, 3.8) is 0 Å². The van der Waals surface area contributed by atoms with E-state index in [1.165, 1.54) is 23.0 Å². The molecule has 3 aromatic rings. The van der Waals surface area contributed by atoms with Crippen molar-refractivity contribution in [2.24, 2.45) is 0 Å². The summed E-state index contributed by atoms with van der Waals surface area (Å²) in [4.78, 5) is 37.5. The fourth-order valence-corrected chi connectivity index (χ4v) is 4.53. The highest BCUT2D eigenvalue weighted by Gasteiger charge is 2.29. The number of nitrogens with zero attached hydrogens (tertiary/aromatic N) is 1. The quantitative estimate of drug-likeness (QED) is 0.486. The average Bonchev–Trinajstić information content (AvgIpc) is 3.18. The molecule has 0 fully saturated rings. The van der Waals surface area contributed by atoms with Gasteiger partial charge in [0.05, 0.1) is 6.42 Å². The molecule has 7 nitrogen and oxygen atoms in total. The van der Waals surface area contributed by atoms with Crippen LogP contribution in [0.5, 0.6) is 0 Å². The van der Waals surface area contributed by atoms with E-state index in [9.17, 15) is 19.5 Å². The van der Waals surface area contributed by atoms with E-state index >= 15 is 0 Å². The van der Waals surface area contributed by atoms with Crippen LogP contribution in [-0.2, 0) is 20.7 Å². The van der Waals surface area contributed by atoms with Crippen molar-refractivity contribution >= 4 is 23.7 Å². The van der Waals surface area contributed by atoms with E-state index in [1.54, 1.807) is 31.2 Å². The molecule has 3 aromatic carbocycles. The molecule has 0 saturated carbocycles. The number of carboxylic acids is 1. The minimum atomic E-state index is -1.04. The fraction of sp³-hybridized carbons (Fsp3) is 0.250. The predicted octanol–water partition coefficient (Wildman–Crippen LogP) is 4.91. The number of aliphatic carboxylic acids is 1. The van der Waals surface area contributed by atoms with Gasteiger partial charge >= 0.3 is 12.1 Å². The summed E-state index contributed by atoms with van der Waals surface area (Å²) >= 11 is 0. The van der Waals surface area contributed by atoms with Crippen LogP contribution in [0.1, 0.15) is 36.5 Å². The summed E-state index contributed by atoms with van der Waals surface area (Å²) in [6.45, 7) is 3.78. The van der Waals surface area contributed by atoms with Crippen LogP contribution in [0, 0.1) is 0 Å². The van der Waals surface area contributed by atoms with Gasteiger partial charge < -0.3 is 14.7 Å².